The van der Waals surface area contributed by atoms with Gasteiger partial charge in [-0.25, -0.2) is 4.68 Å². The Morgan fingerprint density at radius 3 is 3.00 bits per heavy atom. The van der Waals surface area contributed by atoms with E-state index >= 15 is 0 Å². The Morgan fingerprint density at radius 2 is 2.21 bits per heavy atom. The molecule has 0 unspecified atom stereocenters. The van der Waals surface area contributed by atoms with Crippen LogP contribution in [0.1, 0.15) is 24.1 Å². The number of hydrogen-bond donors (Lipinski definition) is 1. The van der Waals surface area contributed by atoms with E-state index in [-0.39, 0.29) is 0 Å². The maximum absolute atomic E-state index is 5.21. The first-order valence-electron chi connectivity index (χ1n) is 6.58. The normalized spacial score (nSPS) is 14.8. The summed E-state index contributed by atoms with van der Waals surface area (Å²) in [5.41, 5.74) is 3.10. The minimum atomic E-state index is 0.575. The zero-order valence-corrected chi connectivity index (χ0v) is 11.0. The molecular weight excluding hydrogens is 240 g/mol. The summed E-state index contributed by atoms with van der Waals surface area (Å²) >= 11 is 0. The fraction of sp³-hybridized carbons (Fsp3) is 0.429. The van der Waals surface area contributed by atoms with Gasteiger partial charge in [0.2, 0.25) is 0 Å². The standard InChI is InChI=1S/C14H18N4O/c1-19-10-11-4-2-3-5-14(11)18-9-13(16-17-18)8-15-12-6-7-12/h2-5,9,12,15H,6-8,10H2,1H3. The van der Waals surface area contributed by atoms with Gasteiger partial charge in [0.15, 0.2) is 0 Å². The summed E-state index contributed by atoms with van der Waals surface area (Å²) in [4.78, 5) is 0. The van der Waals surface area contributed by atoms with Gasteiger partial charge < -0.3 is 10.1 Å². The van der Waals surface area contributed by atoms with Gasteiger partial charge in [-0.1, -0.05) is 23.4 Å². The topological polar surface area (TPSA) is 52.0 Å². The molecule has 1 aliphatic carbocycles. The van der Waals surface area contributed by atoms with Gasteiger partial charge in [-0.2, -0.15) is 0 Å². The van der Waals surface area contributed by atoms with E-state index < -0.39 is 0 Å². The lowest BCUT2D eigenvalue weighted by Crippen LogP contribution is -2.15. The Bertz CT molecular complexity index is 548. The lowest BCUT2D eigenvalue weighted by atomic mass is 10.2. The molecule has 5 nitrogen and oxygen atoms in total. The SMILES string of the molecule is COCc1ccccc1-n1cc(CNC2CC2)nn1. The van der Waals surface area contributed by atoms with Crippen LogP contribution in [0.15, 0.2) is 30.5 Å². The lowest BCUT2D eigenvalue weighted by Gasteiger charge is -2.07. The molecule has 5 heteroatoms. The number of benzene rings is 1. The first-order chi connectivity index (χ1) is 9.36. The number of nitrogens with zero attached hydrogens (tertiary/aromatic N) is 3. The van der Waals surface area contributed by atoms with Crippen LogP contribution in [0, 0.1) is 0 Å². The third kappa shape index (κ3) is 3.00. The molecule has 1 aliphatic rings. The van der Waals surface area contributed by atoms with Crippen molar-refractivity contribution >= 4 is 0 Å². The van der Waals surface area contributed by atoms with Gasteiger partial charge in [0.05, 0.1) is 24.2 Å². The Kier molecular flexibility index (Phi) is 3.57. The highest BCUT2D eigenvalue weighted by Crippen LogP contribution is 2.19. The predicted molar refractivity (Wildman–Crippen MR) is 71.9 cm³/mol. The quantitative estimate of drug-likeness (QED) is 0.856. The van der Waals surface area contributed by atoms with Crippen molar-refractivity contribution in [2.24, 2.45) is 0 Å². The highest BCUT2D eigenvalue weighted by Gasteiger charge is 2.20. The molecule has 2 aromatic rings. The number of para-hydroxylation sites is 1. The van der Waals surface area contributed by atoms with Crippen LogP contribution < -0.4 is 5.32 Å². The van der Waals surface area contributed by atoms with E-state index in [9.17, 15) is 0 Å². The molecule has 19 heavy (non-hydrogen) atoms. The fourth-order valence-corrected chi connectivity index (χ4v) is 2.05. The Balaban J connectivity index is 1.77. The zero-order chi connectivity index (χ0) is 13.1. The van der Waals surface area contributed by atoms with Crippen LogP contribution >= 0.6 is 0 Å². The van der Waals surface area contributed by atoms with Crippen LogP contribution in [0.3, 0.4) is 0 Å². The third-order valence-corrected chi connectivity index (χ3v) is 3.23. The van der Waals surface area contributed by atoms with E-state index in [0.717, 1.165) is 23.5 Å². The number of nitrogens with one attached hydrogen (secondary N) is 1. The summed E-state index contributed by atoms with van der Waals surface area (Å²) in [6, 6.07) is 8.76. The van der Waals surface area contributed by atoms with Crippen molar-refractivity contribution < 1.29 is 4.74 Å². The van der Waals surface area contributed by atoms with E-state index in [1.54, 1.807) is 7.11 Å². The van der Waals surface area contributed by atoms with E-state index in [1.807, 2.05) is 35.1 Å². The molecule has 1 aromatic heterocycles. The lowest BCUT2D eigenvalue weighted by molar-refractivity contribution is 0.184. The van der Waals surface area contributed by atoms with Crippen molar-refractivity contribution in [3.8, 4) is 5.69 Å². The molecule has 3 rings (SSSR count). The molecule has 1 fully saturated rings. The van der Waals surface area contributed by atoms with Crippen LogP contribution in [0.25, 0.3) is 5.69 Å². The fourth-order valence-electron chi connectivity index (χ4n) is 2.05. The highest BCUT2D eigenvalue weighted by atomic mass is 16.5. The second-order valence-electron chi connectivity index (χ2n) is 4.87. The molecule has 100 valence electrons. The number of methoxy groups -OCH3 is 1. The van der Waals surface area contributed by atoms with Gasteiger partial charge in [-0.3, -0.25) is 0 Å². The van der Waals surface area contributed by atoms with Crippen LogP contribution in [0.4, 0.5) is 0 Å². The van der Waals surface area contributed by atoms with Crippen molar-refractivity contribution in [1.29, 1.82) is 0 Å². The summed E-state index contributed by atoms with van der Waals surface area (Å²) in [5.74, 6) is 0. The molecule has 0 radical (unpaired) electrons. The van der Waals surface area contributed by atoms with Crippen LogP contribution in [-0.2, 0) is 17.9 Å². The number of ether oxygens (including phenoxy) is 1. The maximum Gasteiger partial charge on any atom is 0.0969 e. The molecule has 0 amide bonds. The molecule has 0 saturated heterocycles. The van der Waals surface area contributed by atoms with Crippen molar-refractivity contribution in [2.75, 3.05) is 7.11 Å². The first-order valence-corrected chi connectivity index (χ1v) is 6.58. The molecule has 1 aromatic carbocycles. The zero-order valence-electron chi connectivity index (χ0n) is 11.0. The number of aromatic nitrogens is 3. The summed E-state index contributed by atoms with van der Waals surface area (Å²) in [6.45, 7) is 1.36. The van der Waals surface area contributed by atoms with Crippen molar-refractivity contribution in [3.05, 3.63) is 41.7 Å². The minimum Gasteiger partial charge on any atom is -0.380 e. The predicted octanol–water partition coefficient (Wildman–Crippen LogP) is 1.67. The van der Waals surface area contributed by atoms with E-state index in [2.05, 4.69) is 15.6 Å². The molecular formula is C14H18N4O. The van der Waals surface area contributed by atoms with Gasteiger partial charge in [0, 0.05) is 25.3 Å². The largest absolute Gasteiger partial charge is 0.380 e. The van der Waals surface area contributed by atoms with Gasteiger partial charge >= 0.3 is 0 Å². The molecule has 1 heterocycles. The smallest absolute Gasteiger partial charge is 0.0969 e. The van der Waals surface area contributed by atoms with Gasteiger partial charge in [0.1, 0.15) is 0 Å². The average molecular weight is 258 g/mol. The molecule has 1 N–H and O–H groups in total. The van der Waals surface area contributed by atoms with E-state index in [1.165, 1.54) is 12.8 Å². The monoisotopic (exact) mass is 258 g/mol. The summed E-state index contributed by atoms with van der Waals surface area (Å²) in [6.07, 6.45) is 4.54. The summed E-state index contributed by atoms with van der Waals surface area (Å²) in [7, 11) is 1.70. The third-order valence-electron chi connectivity index (χ3n) is 3.23. The van der Waals surface area contributed by atoms with Crippen molar-refractivity contribution in [1.82, 2.24) is 20.3 Å². The Hall–Kier alpha value is -1.72. The molecule has 0 spiro atoms. The van der Waals surface area contributed by atoms with Crippen LogP contribution in [0.5, 0.6) is 0 Å². The van der Waals surface area contributed by atoms with Crippen molar-refractivity contribution in [3.63, 3.8) is 0 Å². The number of hydrogen-bond acceptors (Lipinski definition) is 4. The first kappa shape index (κ1) is 12.3. The second kappa shape index (κ2) is 5.50. The molecule has 0 atom stereocenters. The average Bonchev–Trinajstić information content (AvgIpc) is 3.15. The summed E-state index contributed by atoms with van der Waals surface area (Å²) < 4.78 is 7.03. The van der Waals surface area contributed by atoms with Crippen LogP contribution in [0.2, 0.25) is 0 Å². The van der Waals surface area contributed by atoms with Crippen molar-refractivity contribution in [2.45, 2.75) is 32.0 Å². The maximum atomic E-state index is 5.21. The second-order valence-corrected chi connectivity index (χ2v) is 4.87. The number of rotatable bonds is 6. The minimum absolute atomic E-state index is 0.575. The Morgan fingerprint density at radius 1 is 1.37 bits per heavy atom. The molecule has 0 aliphatic heterocycles. The van der Waals surface area contributed by atoms with Crippen LogP contribution in [-0.4, -0.2) is 28.1 Å². The van der Waals surface area contributed by atoms with E-state index in [0.29, 0.717) is 12.6 Å². The summed E-state index contributed by atoms with van der Waals surface area (Å²) in [5, 5.41) is 11.8. The van der Waals surface area contributed by atoms with Gasteiger partial charge in [-0.15, -0.1) is 5.10 Å². The molecule has 0 bridgehead atoms. The van der Waals surface area contributed by atoms with E-state index in [4.69, 9.17) is 4.74 Å². The highest BCUT2D eigenvalue weighted by molar-refractivity contribution is 5.39. The van der Waals surface area contributed by atoms with Gasteiger partial charge in [0.25, 0.3) is 0 Å². The Labute approximate surface area is 112 Å². The van der Waals surface area contributed by atoms with Gasteiger partial charge in [-0.05, 0) is 18.9 Å². The molecule has 1 saturated carbocycles.